The van der Waals surface area contributed by atoms with Crippen molar-refractivity contribution in [3.05, 3.63) is 71.4 Å². The van der Waals surface area contributed by atoms with Crippen molar-refractivity contribution in [3.8, 4) is 0 Å². The van der Waals surface area contributed by atoms with Gasteiger partial charge in [-0.05, 0) is 35.6 Å². The number of anilines is 1. The van der Waals surface area contributed by atoms with E-state index >= 15 is 0 Å². The third kappa shape index (κ3) is 5.59. The highest BCUT2D eigenvalue weighted by Gasteiger charge is 2.22. The highest BCUT2D eigenvalue weighted by atomic mass is 127. The Kier molecular flexibility index (Phi) is 8.87. The maximum atomic E-state index is 10.8. The molecule has 0 aliphatic carbocycles. The number of para-hydroxylation sites is 2. The number of hydrogen-bond donors (Lipinski definition) is 2. The van der Waals surface area contributed by atoms with Crippen LogP contribution in [0.15, 0.2) is 70.7 Å². The number of fused-ring (bicyclic) bond motifs is 2. The Bertz CT molecular complexity index is 1140. The van der Waals surface area contributed by atoms with Crippen molar-refractivity contribution in [1.82, 2.24) is 0 Å². The summed E-state index contributed by atoms with van der Waals surface area (Å²) in [4.78, 5) is 14.3. The van der Waals surface area contributed by atoms with Crippen LogP contribution in [0.2, 0.25) is 0 Å². The van der Waals surface area contributed by atoms with E-state index in [0.29, 0.717) is 5.75 Å². The fraction of sp³-hybridized carbons (Fsp3) is 0.250. The number of carboxylic acids is 1. The van der Waals surface area contributed by atoms with Gasteiger partial charge >= 0.3 is 5.97 Å². The average molecular weight is 580 g/mol. The van der Waals surface area contributed by atoms with Crippen molar-refractivity contribution in [2.45, 2.75) is 23.9 Å². The van der Waals surface area contributed by atoms with E-state index in [-0.39, 0.29) is 24.0 Å². The SMILES string of the molecule is CN1C(=Cc2cc[n+](CCCSCC(N)C(=O)O)c3ccccc23)Sc2ccccc21.[I-]. The molecular formula is C24H26IN3O2S2. The van der Waals surface area contributed by atoms with Crippen LogP contribution in [0.4, 0.5) is 5.69 Å². The Balaban J connectivity index is 0.00000289. The van der Waals surface area contributed by atoms with Gasteiger partial charge in [-0.25, -0.2) is 0 Å². The molecule has 0 amide bonds. The average Bonchev–Trinajstić information content (AvgIpc) is 3.10. The molecule has 0 radical (unpaired) electrons. The summed E-state index contributed by atoms with van der Waals surface area (Å²) in [6.07, 6.45) is 5.37. The van der Waals surface area contributed by atoms with Crippen molar-refractivity contribution in [2.24, 2.45) is 5.73 Å². The molecule has 0 spiro atoms. The predicted molar refractivity (Wildman–Crippen MR) is 130 cm³/mol. The van der Waals surface area contributed by atoms with E-state index in [4.69, 9.17) is 10.8 Å². The largest absolute Gasteiger partial charge is 1.00 e. The molecule has 2 aromatic carbocycles. The van der Waals surface area contributed by atoms with Gasteiger partial charge in [-0.15, -0.1) is 0 Å². The number of hydrogen-bond acceptors (Lipinski definition) is 5. The number of nitrogens with zero attached hydrogens (tertiary/aromatic N) is 2. The Morgan fingerprint density at radius 3 is 2.75 bits per heavy atom. The molecule has 32 heavy (non-hydrogen) atoms. The van der Waals surface area contributed by atoms with Crippen LogP contribution in [-0.2, 0) is 11.3 Å². The normalized spacial score (nSPS) is 14.9. The number of thioether (sulfide) groups is 2. The second kappa shape index (κ2) is 11.4. The van der Waals surface area contributed by atoms with E-state index < -0.39 is 12.0 Å². The van der Waals surface area contributed by atoms with Crippen LogP contribution in [0, 0.1) is 0 Å². The maximum Gasteiger partial charge on any atom is 0.321 e. The number of benzene rings is 2. The van der Waals surface area contributed by atoms with E-state index in [0.717, 1.165) is 18.7 Å². The standard InChI is InChI=1S/C24H25N3O2S2.HI/c1-26-21-9-4-5-10-22(21)31-23(26)15-17-11-13-27(20-8-3-2-7-18(17)20)12-6-14-30-16-19(25)24(28)29;/h2-5,7-11,13,15,19H,6,12,14,16,25H2,1H3;1H. The molecule has 8 heteroatoms. The van der Waals surface area contributed by atoms with Crippen LogP contribution >= 0.6 is 23.5 Å². The molecule has 0 saturated heterocycles. The Morgan fingerprint density at radius 2 is 1.97 bits per heavy atom. The second-order valence-corrected chi connectivity index (χ2v) is 9.68. The topological polar surface area (TPSA) is 70.4 Å². The van der Waals surface area contributed by atoms with Crippen LogP contribution in [0.1, 0.15) is 12.0 Å². The van der Waals surface area contributed by atoms with Gasteiger partial charge in [0.15, 0.2) is 6.20 Å². The van der Waals surface area contributed by atoms with Crippen molar-refractivity contribution in [3.63, 3.8) is 0 Å². The third-order valence-corrected chi connectivity index (χ3v) is 7.65. The molecule has 0 fully saturated rings. The van der Waals surface area contributed by atoms with Gasteiger partial charge in [-0.2, -0.15) is 16.3 Å². The lowest BCUT2D eigenvalue weighted by Crippen LogP contribution is -3.00. The molecule has 0 saturated carbocycles. The minimum absolute atomic E-state index is 0. The number of carboxylic acid groups (broad SMARTS) is 1. The lowest BCUT2D eigenvalue weighted by molar-refractivity contribution is -0.671. The minimum atomic E-state index is -0.938. The molecule has 1 aromatic heterocycles. The van der Waals surface area contributed by atoms with Crippen molar-refractivity contribution in [2.75, 3.05) is 23.5 Å². The summed E-state index contributed by atoms with van der Waals surface area (Å²) in [5.74, 6) is 0.390. The second-order valence-electron chi connectivity index (χ2n) is 7.47. The van der Waals surface area contributed by atoms with Crippen molar-refractivity contribution in [1.29, 1.82) is 0 Å². The molecule has 168 valence electrons. The van der Waals surface area contributed by atoms with Crippen molar-refractivity contribution < 1.29 is 38.4 Å². The van der Waals surface area contributed by atoms with Gasteiger partial charge in [-0.1, -0.05) is 36.0 Å². The quantitative estimate of drug-likeness (QED) is 0.238. The van der Waals surface area contributed by atoms with Crippen LogP contribution in [-0.4, -0.2) is 35.7 Å². The Hall–Kier alpha value is -1.75. The number of aliphatic carboxylic acids is 1. The molecule has 2 heterocycles. The van der Waals surface area contributed by atoms with E-state index in [1.807, 2.05) is 0 Å². The van der Waals surface area contributed by atoms with Crippen LogP contribution in [0.5, 0.6) is 0 Å². The van der Waals surface area contributed by atoms with Gasteiger partial charge in [0.1, 0.15) is 12.6 Å². The summed E-state index contributed by atoms with van der Waals surface area (Å²) in [6, 6.07) is 18.3. The van der Waals surface area contributed by atoms with E-state index in [2.05, 4.69) is 83.4 Å². The lowest BCUT2D eigenvalue weighted by atomic mass is 10.1. The Morgan fingerprint density at radius 1 is 1.22 bits per heavy atom. The molecule has 1 aliphatic heterocycles. The summed E-state index contributed by atoms with van der Waals surface area (Å²) in [6.45, 7) is 0.882. The zero-order valence-corrected chi connectivity index (χ0v) is 21.6. The molecule has 5 nitrogen and oxygen atoms in total. The summed E-state index contributed by atoms with van der Waals surface area (Å²) in [7, 11) is 2.11. The zero-order chi connectivity index (χ0) is 21.8. The van der Waals surface area contributed by atoms with Gasteiger partial charge in [0.05, 0.1) is 16.1 Å². The van der Waals surface area contributed by atoms with Crippen molar-refractivity contribution >= 4 is 52.2 Å². The molecule has 1 atom stereocenters. The first-order valence-corrected chi connectivity index (χ1v) is 12.2. The smallest absolute Gasteiger partial charge is 0.321 e. The number of aryl methyl sites for hydroxylation is 1. The first-order valence-electron chi connectivity index (χ1n) is 10.2. The van der Waals surface area contributed by atoms with Gasteiger partial charge in [0.2, 0.25) is 5.52 Å². The molecule has 4 rings (SSSR count). The number of aromatic nitrogens is 1. The first kappa shape index (κ1) is 24.9. The number of pyridine rings is 1. The highest BCUT2D eigenvalue weighted by Crippen LogP contribution is 2.45. The summed E-state index contributed by atoms with van der Waals surface area (Å²) < 4.78 is 2.27. The van der Waals surface area contributed by atoms with Gasteiger partial charge in [0, 0.05) is 36.2 Å². The van der Waals surface area contributed by atoms with E-state index in [1.165, 1.54) is 32.1 Å². The van der Waals surface area contributed by atoms with Gasteiger partial charge in [-0.3, -0.25) is 4.79 Å². The van der Waals surface area contributed by atoms with Gasteiger partial charge < -0.3 is 39.7 Å². The molecule has 0 bridgehead atoms. The molecular weight excluding hydrogens is 553 g/mol. The highest BCUT2D eigenvalue weighted by molar-refractivity contribution is 8.03. The number of nitrogens with two attached hydrogens (primary N) is 1. The summed E-state index contributed by atoms with van der Waals surface area (Å²) >= 11 is 3.40. The molecule has 1 unspecified atom stereocenters. The first-order chi connectivity index (χ1) is 15.0. The number of rotatable bonds is 8. The molecule has 3 aromatic rings. The monoisotopic (exact) mass is 579 g/mol. The summed E-state index contributed by atoms with van der Waals surface area (Å²) in [5, 5.41) is 11.3. The lowest BCUT2D eigenvalue weighted by Gasteiger charge is -2.13. The molecule has 3 N–H and O–H groups in total. The minimum Gasteiger partial charge on any atom is -1.00 e. The fourth-order valence-electron chi connectivity index (χ4n) is 3.63. The van der Waals surface area contributed by atoms with Crippen LogP contribution < -0.4 is 39.2 Å². The third-order valence-electron chi connectivity index (χ3n) is 5.31. The predicted octanol–water partition coefficient (Wildman–Crippen LogP) is 1.21. The van der Waals surface area contributed by atoms with E-state index in [9.17, 15) is 4.79 Å². The van der Waals surface area contributed by atoms with Crippen LogP contribution in [0.25, 0.3) is 17.0 Å². The van der Waals surface area contributed by atoms with Crippen LogP contribution in [0.3, 0.4) is 0 Å². The number of carbonyl (C=O) groups is 1. The maximum absolute atomic E-state index is 10.8. The Labute approximate surface area is 214 Å². The number of halogens is 1. The summed E-state index contributed by atoms with van der Waals surface area (Å²) in [5.41, 5.74) is 9.22. The molecule has 1 aliphatic rings. The van der Waals surface area contributed by atoms with E-state index in [1.54, 1.807) is 23.5 Å². The zero-order valence-electron chi connectivity index (χ0n) is 17.8. The van der Waals surface area contributed by atoms with Gasteiger partial charge in [0.25, 0.3) is 0 Å². The fourth-order valence-corrected chi connectivity index (χ4v) is 5.63.